The van der Waals surface area contributed by atoms with E-state index in [2.05, 4.69) is 34.6 Å². The van der Waals surface area contributed by atoms with Crippen LogP contribution in [0.2, 0.25) is 0 Å². The van der Waals surface area contributed by atoms with Gasteiger partial charge in [0, 0.05) is 30.8 Å². The van der Waals surface area contributed by atoms with Gasteiger partial charge < -0.3 is 50.2 Å². The minimum atomic E-state index is -5.09. The van der Waals surface area contributed by atoms with Crippen molar-refractivity contribution in [2.45, 2.75) is 58.2 Å². The zero-order valence-electron chi connectivity index (χ0n) is 23.1. The summed E-state index contributed by atoms with van der Waals surface area (Å²) < 4.78 is 40.1. The van der Waals surface area contributed by atoms with Crippen molar-refractivity contribution >= 4 is 43.2 Å². The lowest BCUT2D eigenvalue weighted by Crippen LogP contribution is -2.44. The van der Waals surface area contributed by atoms with Crippen LogP contribution in [0.5, 0.6) is 0 Å². The first-order valence-electron chi connectivity index (χ1n) is 12.9. The van der Waals surface area contributed by atoms with Crippen LogP contribution in [0.25, 0.3) is 11.2 Å². The summed E-state index contributed by atoms with van der Waals surface area (Å²) in [5, 5.41) is 26.5. The Labute approximate surface area is 248 Å². The van der Waals surface area contributed by atoms with Crippen LogP contribution in [-0.4, -0.2) is 87.2 Å². The van der Waals surface area contributed by atoms with Gasteiger partial charge >= 0.3 is 13.9 Å². The van der Waals surface area contributed by atoms with Crippen LogP contribution in [0.15, 0.2) is 6.33 Å². The molecule has 19 nitrogen and oxygen atoms in total. The monoisotopic (exact) mass is 646 g/mol. The fourth-order valence-electron chi connectivity index (χ4n) is 5.15. The first-order valence-corrected chi connectivity index (χ1v) is 14.8. The summed E-state index contributed by atoms with van der Waals surface area (Å²) in [7, 11) is -3.27. The van der Waals surface area contributed by atoms with Crippen LogP contribution in [0, 0.1) is 30.3 Å². The summed E-state index contributed by atoms with van der Waals surface area (Å²) in [4.78, 5) is 41.7. The number of anilines is 1. The highest BCUT2D eigenvalue weighted by Gasteiger charge is 2.58. The van der Waals surface area contributed by atoms with Gasteiger partial charge in [0.2, 0.25) is 0 Å². The van der Waals surface area contributed by atoms with Crippen molar-refractivity contribution in [2.24, 2.45) is 18.9 Å². The van der Waals surface area contributed by atoms with Crippen molar-refractivity contribution in [3.05, 3.63) is 27.9 Å². The number of aryl methyl sites for hydroxylation is 2. The molecule has 1 saturated heterocycles. The molecule has 1 saturated carbocycles. The van der Waals surface area contributed by atoms with E-state index in [0.717, 1.165) is 17.0 Å². The molecule has 43 heavy (non-hydrogen) atoms. The lowest BCUT2D eigenvalue weighted by atomic mass is 10.0. The smallest absolute Gasteiger partial charge is 0.441 e. The highest BCUT2D eigenvalue weighted by atomic mass is 32.1. The average molecular weight is 647 g/mol. The molecule has 0 radical (unpaired) electrons. The maximum absolute atomic E-state index is 13.0. The van der Waals surface area contributed by atoms with Crippen LogP contribution in [0.4, 0.5) is 10.7 Å². The second kappa shape index (κ2) is 12.2. The number of hydrogen-bond donors (Lipinski definition) is 7. The minimum Gasteiger partial charge on any atom is -0.441 e. The molecule has 0 spiro atoms. The summed E-state index contributed by atoms with van der Waals surface area (Å²) in [5.74, 6) is -0.297. The third kappa shape index (κ3) is 7.04. The molecular weight excluding hydrogens is 615 g/mol. The zero-order valence-corrected chi connectivity index (χ0v) is 24.8. The summed E-state index contributed by atoms with van der Waals surface area (Å²) in [6, 6.07) is 0. The van der Waals surface area contributed by atoms with Gasteiger partial charge in [-0.3, -0.25) is 14.0 Å². The number of aliphatic hydroxyl groups is 2. The maximum Gasteiger partial charge on any atom is 0.473 e. The highest BCUT2D eigenvalue weighted by molar-refractivity contribution is 7.71. The molecule has 0 aromatic carbocycles. The predicted octanol–water partition coefficient (Wildman–Crippen LogP) is -0.0558. The van der Waals surface area contributed by atoms with Crippen molar-refractivity contribution in [2.75, 3.05) is 12.3 Å². The summed E-state index contributed by atoms with van der Waals surface area (Å²) in [6.45, 7) is -0.903. The largest absolute Gasteiger partial charge is 0.473 e. The number of ether oxygens (including phenoxy) is 4. The average Bonchev–Trinajstić information content (AvgIpc) is 3.52. The fraction of sp³-hybridized carbons (Fsp3) is 0.591. The normalized spacial score (nSPS) is 24.9. The van der Waals surface area contributed by atoms with Crippen molar-refractivity contribution < 1.29 is 52.8 Å². The van der Waals surface area contributed by atoms with E-state index in [9.17, 15) is 19.6 Å². The lowest BCUT2D eigenvalue weighted by Gasteiger charge is -2.36. The van der Waals surface area contributed by atoms with Gasteiger partial charge in [-0.2, -0.15) is 5.10 Å². The number of carbonyl (C=O) groups is 1. The Hall–Kier alpha value is -3.04. The SMILES string of the molecule is Cc1nn(C)c(C)c1CNC(=O)OC1C2CC2C(COC(O)OC(O)OP(=O)(O)O)OC1n1cnc2c(=S)nc(N)[nH]c21. The van der Waals surface area contributed by atoms with E-state index in [1.54, 1.807) is 9.25 Å². The number of aromatic nitrogens is 6. The molecule has 1 aliphatic heterocycles. The van der Waals surface area contributed by atoms with E-state index >= 15 is 0 Å². The van der Waals surface area contributed by atoms with Gasteiger partial charge in [-0.15, -0.1) is 0 Å². The Balaban J connectivity index is 1.32. The van der Waals surface area contributed by atoms with Gasteiger partial charge in [0.1, 0.15) is 11.2 Å². The lowest BCUT2D eigenvalue weighted by molar-refractivity contribution is -0.365. The number of nitrogens with one attached hydrogen (secondary N) is 2. The number of H-pyrrole nitrogens is 1. The molecule has 7 atom stereocenters. The molecule has 236 valence electrons. The number of nitrogens with two attached hydrogens (primary N) is 1. The molecule has 1 aliphatic carbocycles. The standard InChI is InChI=1S/C22H31N8O11PS/c1-8-12(9(2)29(3)28-8)5-24-20(31)39-15-11-4-10(11)13(6-37-21(32)40-22(33)41-42(34,35)36)38-18(15)30-7-25-14-16(30)26-19(23)27-17(14)43/h7,10-11,13,15,18,21-22,32-33H,4-6H2,1-3H3,(H,24,31)(H2,34,35,36)(H3,23,26,27,43). The summed E-state index contributed by atoms with van der Waals surface area (Å²) in [6.07, 6.45) is -1.07. The molecule has 3 aromatic heterocycles. The molecule has 3 aromatic rings. The minimum absolute atomic E-state index is 0.0352. The number of imidazole rings is 1. The van der Waals surface area contributed by atoms with E-state index in [1.165, 1.54) is 6.33 Å². The van der Waals surface area contributed by atoms with Crippen LogP contribution in [-0.2, 0) is 41.6 Å². The van der Waals surface area contributed by atoms with Gasteiger partial charge in [0.15, 0.2) is 22.9 Å². The molecular formula is C22H31N8O11PS. The Morgan fingerprint density at radius 3 is 2.74 bits per heavy atom. The van der Waals surface area contributed by atoms with Crippen molar-refractivity contribution in [1.82, 2.24) is 34.6 Å². The molecule has 2 fully saturated rings. The number of carbonyl (C=O) groups excluding carboxylic acids is 1. The third-order valence-electron chi connectivity index (χ3n) is 7.30. The van der Waals surface area contributed by atoms with Crippen molar-refractivity contribution in [1.29, 1.82) is 0 Å². The zero-order chi connectivity index (χ0) is 31.2. The van der Waals surface area contributed by atoms with E-state index in [4.69, 9.17) is 41.9 Å². The molecule has 0 bridgehead atoms. The van der Waals surface area contributed by atoms with Crippen LogP contribution >= 0.6 is 20.0 Å². The number of fused-ring (bicyclic) bond motifs is 2. The number of nitrogens with zero attached hydrogens (tertiary/aromatic N) is 5. The fourth-order valence-corrected chi connectivity index (χ4v) is 5.68. The quantitative estimate of drug-likeness (QED) is 0.0817. The molecule has 1 amide bonds. The van der Waals surface area contributed by atoms with E-state index in [0.29, 0.717) is 17.6 Å². The molecule has 8 N–H and O–H groups in total. The molecule has 2 aliphatic rings. The number of aliphatic hydroxyl groups excluding tert-OH is 2. The van der Waals surface area contributed by atoms with Crippen LogP contribution in [0.1, 0.15) is 29.6 Å². The number of alkyl carbamates (subject to hydrolysis) is 1. The highest BCUT2D eigenvalue weighted by Crippen LogP contribution is 2.54. The predicted molar refractivity (Wildman–Crippen MR) is 145 cm³/mol. The van der Waals surface area contributed by atoms with Gasteiger partial charge in [-0.05, 0) is 26.2 Å². The number of phosphoric acid groups is 1. The van der Waals surface area contributed by atoms with E-state index in [-0.39, 0.29) is 35.6 Å². The third-order valence-corrected chi connectivity index (χ3v) is 8.04. The van der Waals surface area contributed by atoms with E-state index < -0.39 is 45.3 Å². The molecule has 7 unspecified atom stereocenters. The number of nitrogen functional groups attached to an aromatic ring is 1. The Kier molecular flexibility index (Phi) is 8.87. The molecule has 5 rings (SSSR count). The first kappa shape index (κ1) is 31.4. The molecule has 4 heterocycles. The van der Waals surface area contributed by atoms with Gasteiger partial charge in [0.05, 0.1) is 24.7 Å². The molecule has 21 heteroatoms. The topological polar surface area (TPSA) is 264 Å². The number of phosphoric ester groups is 1. The number of amides is 1. The van der Waals surface area contributed by atoms with E-state index in [1.807, 2.05) is 20.9 Å². The van der Waals surface area contributed by atoms with Crippen molar-refractivity contribution in [3.63, 3.8) is 0 Å². The van der Waals surface area contributed by atoms with Crippen molar-refractivity contribution in [3.8, 4) is 0 Å². The second-order valence-electron chi connectivity index (χ2n) is 10.1. The van der Waals surface area contributed by atoms with Gasteiger partial charge in [-0.1, -0.05) is 12.2 Å². The number of aromatic amines is 1. The van der Waals surface area contributed by atoms with Crippen LogP contribution in [0.3, 0.4) is 0 Å². The van der Waals surface area contributed by atoms with Gasteiger partial charge in [-0.25, -0.2) is 23.9 Å². The van der Waals surface area contributed by atoms with Gasteiger partial charge in [0.25, 0.3) is 13.0 Å². The summed E-state index contributed by atoms with van der Waals surface area (Å²) in [5.41, 5.74) is 9.14. The Morgan fingerprint density at radius 2 is 2.07 bits per heavy atom. The number of rotatable bonds is 11. The second-order valence-corrected chi connectivity index (χ2v) is 11.7. The maximum atomic E-state index is 13.0. The Bertz CT molecular complexity index is 1610. The van der Waals surface area contributed by atoms with Crippen LogP contribution < -0.4 is 11.1 Å². The number of hydrogen-bond acceptors (Lipinski definition) is 14. The Morgan fingerprint density at radius 1 is 1.33 bits per heavy atom. The first-order chi connectivity index (χ1) is 20.2. The summed E-state index contributed by atoms with van der Waals surface area (Å²) >= 11 is 5.28.